The lowest BCUT2D eigenvalue weighted by Gasteiger charge is -2.10. The maximum Gasteiger partial charge on any atom is 0.326 e. The van der Waals surface area contributed by atoms with Crippen LogP contribution in [0.25, 0.3) is 0 Å². The number of hydrogen-bond donors (Lipinski definition) is 2. The Morgan fingerprint density at radius 1 is 1.50 bits per heavy atom. The second-order valence-corrected chi connectivity index (χ2v) is 3.15. The number of hydrogen-bond acceptors (Lipinski definition) is 2. The summed E-state index contributed by atoms with van der Waals surface area (Å²) in [6.07, 6.45) is 3.04. The smallest absolute Gasteiger partial charge is 0.326 e. The fourth-order valence-electron chi connectivity index (χ4n) is 0.864. The lowest BCUT2D eigenvalue weighted by atomic mass is 10.2. The number of amides is 1. The van der Waals surface area contributed by atoms with Crippen molar-refractivity contribution >= 4 is 11.9 Å². The van der Waals surface area contributed by atoms with Gasteiger partial charge in [-0.1, -0.05) is 11.6 Å². The van der Waals surface area contributed by atoms with Crippen molar-refractivity contribution in [2.45, 2.75) is 26.3 Å². The molecule has 4 nitrogen and oxygen atoms in total. The molecular weight excluding hydrogens is 182 g/mol. The van der Waals surface area contributed by atoms with Crippen molar-refractivity contribution in [2.75, 3.05) is 0 Å². The molecule has 0 radical (unpaired) electrons. The molecule has 0 heterocycles. The molecule has 0 aliphatic rings. The van der Waals surface area contributed by atoms with Gasteiger partial charge in [0.25, 0.3) is 0 Å². The third kappa shape index (κ3) is 5.13. The van der Waals surface area contributed by atoms with Crippen LogP contribution in [0.1, 0.15) is 20.3 Å². The van der Waals surface area contributed by atoms with Gasteiger partial charge in [0.1, 0.15) is 6.04 Å². The number of rotatable bonds is 5. The van der Waals surface area contributed by atoms with Gasteiger partial charge in [0.05, 0.1) is 0 Å². The Hall–Kier alpha value is -1.58. The highest BCUT2D eigenvalue weighted by Crippen LogP contribution is 1.95. The van der Waals surface area contributed by atoms with E-state index in [9.17, 15) is 9.59 Å². The first-order chi connectivity index (χ1) is 6.47. The number of carbonyl (C=O) groups is 2. The van der Waals surface area contributed by atoms with E-state index >= 15 is 0 Å². The Labute approximate surface area is 83.3 Å². The largest absolute Gasteiger partial charge is 0.480 e. The van der Waals surface area contributed by atoms with Crippen LogP contribution < -0.4 is 5.32 Å². The molecule has 0 rings (SSSR count). The van der Waals surface area contributed by atoms with Crippen LogP contribution >= 0.6 is 0 Å². The molecule has 0 saturated carbocycles. The summed E-state index contributed by atoms with van der Waals surface area (Å²) in [5.41, 5.74) is 0.824. The zero-order valence-corrected chi connectivity index (χ0v) is 8.41. The maximum atomic E-state index is 11.2. The highest BCUT2D eigenvalue weighted by atomic mass is 16.4. The molecule has 0 spiro atoms. The molecule has 1 atom stereocenters. The quantitative estimate of drug-likeness (QED) is 0.512. The molecule has 14 heavy (non-hydrogen) atoms. The first kappa shape index (κ1) is 12.4. The molecule has 0 aromatic heterocycles. The van der Waals surface area contributed by atoms with Crippen LogP contribution in [-0.2, 0) is 9.59 Å². The van der Waals surface area contributed by atoms with E-state index in [0.29, 0.717) is 0 Å². The maximum absolute atomic E-state index is 11.2. The Morgan fingerprint density at radius 3 is 2.43 bits per heavy atom. The minimum Gasteiger partial charge on any atom is -0.480 e. The summed E-state index contributed by atoms with van der Waals surface area (Å²) >= 11 is 0. The predicted octanol–water partition coefficient (Wildman–Crippen LogP) is 1.10. The third-order valence-electron chi connectivity index (χ3n) is 1.44. The first-order valence-corrected chi connectivity index (χ1v) is 4.26. The van der Waals surface area contributed by atoms with Gasteiger partial charge in [0.15, 0.2) is 0 Å². The Morgan fingerprint density at radius 2 is 2.07 bits per heavy atom. The van der Waals surface area contributed by atoms with Gasteiger partial charge in [-0.2, -0.15) is 0 Å². The fraction of sp³-hybridized carbons (Fsp3) is 0.400. The van der Waals surface area contributed by atoms with E-state index in [-0.39, 0.29) is 12.3 Å². The van der Waals surface area contributed by atoms with Gasteiger partial charge in [-0.3, -0.25) is 4.79 Å². The van der Waals surface area contributed by atoms with Gasteiger partial charge in [-0.05, 0) is 20.3 Å². The number of aliphatic carboxylic acids is 1. The minimum atomic E-state index is -1.06. The summed E-state index contributed by atoms with van der Waals surface area (Å²) in [5.74, 6) is -1.44. The topological polar surface area (TPSA) is 66.4 Å². The molecule has 4 heteroatoms. The molecule has 2 N–H and O–H groups in total. The van der Waals surface area contributed by atoms with E-state index in [1.54, 1.807) is 13.8 Å². The molecule has 0 aliphatic carbocycles. The Kier molecular flexibility index (Phi) is 5.29. The minimum absolute atomic E-state index is 0.220. The van der Waals surface area contributed by atoms with Gasteiger partial charge in [0, 0.05) is 6.08 Å². The Bertz CT molecular complexity index is 265. The van der Waals surface area contributed by atoms with Crippen LogP contribution in [0.3, 0.4) is 0 Å². The molecule has 0 saturated heterocycles. The highest BCUT2D eigenvalue weighted by Gasteiger charge is 2.16. The lowest BCUT2D eigenvalue weighted by Crippen LogP contribution is -2.39. The molecular formula is C10H15NO3. The van der Waals surface area contributed by atoms with Crippen LogP contribution in [0.2, 0.25) is 0 Å². The van der Waals surface area contributed by atoms with Crippen molar-refractivity contribution in [3.63, 3.8) is 0 Å². The average molecular weight is 197 g/mol. The summed E-state index contributed by atoms with van der Waals surface area (Å²) < 4.78 is 0. The SMILES string of the molecule is C=CCC(NC(=O)C=C(C)C)C(=O)O. The normalized spacial score (nSPS) is 11.3. The lowest BCUT2D eigenvalue weighted by molar-refractivity contribution is -0.141. The number of allylic oxidation sites excluding steroid dienone is 1. The van der Waals surface area contributed by atoms with Crippen molar-refractivity contribution < 1.29 is 14.7 Å². The predicted molar refractivity (Wildman–Crippen MR) is 53.8 cm³/mol. The Balaban J connectivity index is 4.30. The summed E-state index contributed by atoms with van der Waals surface area (Å²) in [6, 6.07) is -0.893. The zero-order valence-electron chi connectivity index (χ0n) is 8.41. The average Bonchev–Trinajstić information content (AvgIpc) is 2.01. The fourth-order valence-corrected chi connectivity index (χ4v) is 0.864. The van der Waals surface area contributed by atoms with Gasteiger partial charge >= 0.3 is 5.97 Å². The van der Waals surface area contributed by atoms with Crippen LogP contribution in [0.4, 0.5) is 0 Å². The van der Waals surface area contributed by atoms with Crippen LogP contribution in [-0.4, -0.2) is 23.0 Å². The second kappa shape index (κ2) is 5.96. The number of nitrogens with one attached hydrogen (secondary N) is 1. The van der Waals surface area contributed by atoms with Gasteiger partial charge in [-0.25, -0.2) is 4.79 Å². The molecule has 0 aliphatic heterocycles. The molecule has 1 unspecified atom stereocenters. The number of carbonyl (C=O) groups excluding carboxylic acids is 1. The standard InChI is InChI=1S/C10H15NO3/c1-4-5-8(10(13)14)11-9(12)6-7(2)3/h4,6,8H,1,5H2,2-3H3,(H,11,12)(H,13,14). The van der Waals surface area contributed by atoms with Crippen molar-refractivity contribution in [1.82, 2.24) is 5.32 Å². The monoisotopic (exact) mass is 197 g/mol. The van der Waals surface area contributed by atoms with Crippen molar-refractivity contribution in [2.24, 2.45) is 0 Å². The molecule has 1 amide bonds. The molecule has 0 fully saturated rings. The summed E-state index contributed by atoms with van der Waals surface area (Å²) in [5, 5.41) is 11.1. The third-order valence-corrected chi connectivity index (χ3v) is 1.44. The first-order valence-electron chi connectivity index (χ1n) is 4.26. The molecule has 78 valence electrons. The molecule has 0 aromatic rings. The van der Waals surface area contributed by atoms with Gasteiger partial charge < -0.3 is 10.4 Å². The van der Waals surface area contributed by atoms with E-state index in [0.717, 1.165) is 5.57 Å². The van der Waals surface area contributed by atoms with E-state index in [2.05, 4.69) is 11.9 Å². The van der Waals surface area contributed by atoms with E-state index in [4.69, 9.17) is 5.11 Å². The molecule has 0 aromatic carbocycles. The van der Waals surface area contributed by atoms with Crippen LogP contribution in [0.5, 0.6) is 0 Å². The van der Waals surface area contributed by atoms with E-state index < -0.39 is 12.0 Å². The zero-order chi connectivity index (χ0) is 11.1. The van der Waals surface area contributed by atoms with Crippen molar-refractivity contribution in [3.8, 4) is 0 Å². The molecule has 0 bridgehead atoms. The summed E-state index contributed by atoms with van der Waals surface area (Å²) in [6.45, 7) is 6.95. The van der Waals surface area contributed by atoms with Gasteiger partial charge in [-0.15, -0.1) is 6.58 Å². The van der Waals surface area contributed by atoms with Crippen LogP contribution in [0, 0.1) is 0 Å². The van der Waals surface area contributed by atoms with Crippen molar-refractivity contribution in [1.29, 1.82) is 0 Å². The van der Waals surface area contributed by atoms with Crippen LogP contribution in [0.15, 0.2) is 24.3 Å². The van der Waals surface area contributed by atoms with Crippen molar-refractivity contribution in [3.05, 3.63) is 24.3 Å². The summed E-state index contributed by atoms with van der Waals surface area (Å²) in [7, 11) is 0. The van der Waals surface area contributed by atoms with Gasteiger partial charge in [0.2, 0.25) is 5.91 Å². The number of carboxylic acid groups (broad SMARTS) is 1. The van der Waals surface area contributed by atoms with E-state index in [1.807, 2.05) is 0 Å². The second-order valence-electron chi connectivity index (χ2n) is 3.15. The highest BCUT2D eigenvalue weighted by molar-refractivity contribution is 5.91. The number of carboxylic acids is 1. The summed E-state index contributed by atoms with van der Waals surface area (Å²) in [4.78, 5) is 21.8. The van der Waals surface area contributed by atoms with E-state index in [1.165, 1.54) is 12.2 Å².